The first-order valence-electron chi connectivity index (χ1n) is 12.0. The highest BCUT2D eigenvalue weighted by Gasteiger charge is 2.39. The summed E-state index contributed by atoms with van der Waals surface area (Å²) < 4.78 is 0. The van der Waals surface area contributed by atoms with Gasteiger partial charge in [-0.05, 0) is 67.3 Å². The van der Waals surface area contributed by atoms with Crippen molar-refractivity contribution >= 4 is 40.9 Å². The van der Waals surface area contributed by atoms with Crippen LogP contribution < -0.4 is 10.2 Å². The van der Waals surface area contributed by atoms with Crippen molar-refractivity contribution < 1.29 is 14.4 Å². The Kier molecular flexibility index (Phi) is 6.41. The molecule has 3 saturated heterocycles. The van der Waals surface area contributed by atoms with Gasteiger partial charge in [-0.3, -0.25) is 14.5 Å². The summed E-state index contributed by atoms with van der Waals surface area (Å²) in [6.45, 7) is 5.27. The summed E-state index contributed by atoms with van der Waals surface area (Å²) in [5, 5.41) is 4.83. The van der Waals surface area contributed by atoms with Gasteiger partial charge >= 0.3 is 6.03 Å². The molecule has 0 saturated carbocycles. The molecule has 7 nitrogen and oxygen atoms in total. The molecule has 3 fully saturated rings. The lowest BCUT2D eigenvalue weighted by atomic mass is 9.83. The molecule has 3 aliphatic heterocycles. The van der Waals surface area contributed by atoms with Gasteiger partial charge in [-0.25, -0.2) is 4.79 Å². The minimum Gasteiger partial charge on any atom is -0.339 e. The molecule has 1 N–H and O–H groups in total. The molecular formula is C26H30N4O3S. The van der Waals surface area contributed by atoms with Crippen molar-refractivity contribution in [2.45, 2.75) is 32.2 Å². The Morgan fingerprint density at radius 3 is 2.79 bits per heavy atom. The molecule has 4 heterocycles. The van der Waals surface area contributed by atoms with Crippen LogP contribution in [0.1, 0.15) is 40.1 Å². The Hall–Kier alpha value is -3.13. The van der Waals surface area contributed by atoms with Crippen LogP contribution in [0, 0.1) is 12.8 Å². The number of likely N-dealkylation sites (tertiary alicyclic amines) is 2. The second kappa shape index (κ2) is 9.62. The van der Waals surface area contributed by atoms with E-state index in [0.29, 0.717) is 37.7 Å². The minimum absolute atomic E-state index is 0.0212. The van der Waals surface area contributed by atoms with E-state index in [1.165, 1.54) is 0 Å². The number of thiophene rings is 1. The molecule has 0 bridgehead atoms. The molecule has 0 radical (unpaired) electrons. The van der Waals surface area contributed by atoms with E-state index in [4.69, 9.17) is 0 Å². The van der Waals surface area contributed by atoms with E-state index < -0.39 is 0 Å². The third kappa shape index (κ3) is 4.46. The van der Waals surface area contributed by atoms with Crippen LogP contribution in [0.4, 0.5) is 10.5 Å². The maximum Gasteiger partial charge on any atom is 0.322 e. The van der Waals surface area contributed by atoms with Crippen molar-refractivity contribution in [3.63, 3.8) is 0 Å². The molecule has 2 aromatic rings. The van der Waals surface area contributed by atoms with Gasteiger partial charge < -0.3 is 15.1 Å². The van der Waals surface area contributed by atoms with Gasteiger partial charge in [0.15, 0.2) is 0 Å². The fourth-order valence-electron chi connectivity index (χ4n) is 5.40. The first-order chi connectivity index (χ1) is 16.5. The Labute approximate surface area is 204 Å². The van der Waals surface area contributed by atoms with Gasteiger partial charge in [-0.2, -0.15) is 0 Å². The monoisotopic (exact) mass is 478 g/mol. The summed E-state index contributed by atoms with van der Waals surface area (Å²) in [7, 11) is 0. The number of anilines is 1. The average Bonchev–Trinajstić information content (AvgIpc) is 3.53. The number of amides is 4. The Balaban J connectivity index is 1.28. The van der Waals surface area contributed by atoms with Crippen LogP contribution in [0.5, 0.6) is 0 Å². The summed E-state index contributed by atoms with van der Waals surface area (Å²) in [6.07, 6.45) is 6.31. The SMILES string of the molecule is Cc1ccc(C(=O)N2CCC[C@@H]3CN(C(=O)/C=C/c4cccs4)CC[C@H]32)cc1N1CCNC1=O. The summed E-state index contributed by atoms with van der Waals surface area (Å²) in [5.41, 5.74) is 2.40. The Bertz CT molecular complexity index is 1110. The van der Waals surface area contributed by atoms with Crippen LogP contribution >= 0.6 is 11.3 Å². The van der Waals surface area contributed by atoms with Crippen LogP contribution in [0.25, 0.3) is 6.08 Å². The van der Waals surface area contributed by atoms with E-state index in [1.54, 1.807) is 22.3 Å². The van der Waals surface area contributed by atoms with Gasteiger partial charge in [0.1, 0.15) is 0 Å². The molecule has 1 aromatic heterocycles. The number of aryl methyl sites for hydroxylation is 1. The molecule has 178 valence electrons. The molecule has 34 heavy (non-hydrogen) atoms. The number of nitrogens with one attached hydrogen (secondary N) is 1. The highest BCUT2D eigenvalue weighted by Crippen LogP contribution is 2.33. The number of benzene rings is 1. The van der Waals surface area contributed by atoms with Crippen LogP contribution in [-0.4, -0.2) is 66.4 Å². The number of hydrogen-bond donors (Lipinski definition) is 1. The minimum atomic E-state index is -0.115. The number of urea groups is 1. The topological polar surface area (TPSA) is 73.0 Å². The summed E-state index contributed by atoms with van der Waals surface area (Å²) in [6, 6.07) is 9.66. The molecule has 2 atom stereocenters. The van der Waals surface area contributed by atoms with Gasteiger partial charge in [0.05, 0.1) is 0 Å². The lowest BCUT2D eigenvalue weighted by Crippen LogP contribution is -2.56. The zero-order valence-corrected chi connectivity index (χ0v) is 20.2. The van der Waals surface area contributed by atoms with E-state index in [1.807, 2.05) is 58.5 Å². The van der Waals surface area contributed by atoms with E-state index in [0.717, 1.165) is 41.9 Å². The third-order valence-corrected chi connectivity index (χ3v) is 8.02. The fourth-order valence-corrected chi connectivity index (χ4v) is 6.02. The van der Waals surface area contributed by atoms with Crippen LogP contribution in [0.2, 0.25) is 0 Å². The molecule has 0 unspecified atom stereocenters. The average molecular weight is 479 g/mol. The van der Waals surface area contributed by atoms with Gasteiger partial charge in [0.25, 0.3) is 5.91 Å². The molecule has 8 heteroatoms. The van der Waals surface area contributed by atoms with Crippen molar-refractivity contribution in [2.75, 3.05) is 37.6 Å². The Morgan fingerprint density at radius 1 is 1.15 bits per heavy atom. The second-order valence-corrected chi connectivity index (χ2v) is 10.3. The van der Waals surface area contributed by atoms with Gasteiger partial charge in [0.2, 0.25) is 5.91 Å². The van der Waals surface area contributed by atoms with Crippen LogP contribution in [0.15, 0.2) is 41.8 Å². The lowest BCUT2D eigenvalue weighted by Gasteiger charge is -2.47. The molecular weight excluding hydrogens is 448 g/mol. The second-order valence-electron chi connectivity index (χ2n) is 9.27. The predicted molar refractivity (Wildman–Crippen MR) is 134 cm³/mol. The molecule has 5 rings (SSSR count). The van der Waals surface area contributed by atoms with E-state index >= 15 is 0 Å². The number of carbonyl (C=O) groups is 3. The quantitative estimate of drug-likeness (QED) is 0.681. The zero-order valence-electron chi connectivity index (χ0n) is 19.4. The number of fused-ring (bicyclic) bond motifs is 1. The predicted octanol–water partition coefficient (Wildman–Crippen LogP) is 3.75. The number of carbonyl (C=O) groups excluding carboxylic acids is 3. The van der Waals surface area contributed by atoms with E-state index in [-0.39, 0.29) is 23.9 Å². The molecule has 0 aliphatic carbocycles. The highest BCUT2D eigenvalue weighted by atomic mass is 32.1. The largest absolute Gasteiger partial charge is 0.339 e. The normalized spacial score (nSPS) is 22.7. The smallest absolute Gasteiger partial charge is 0.322 e. The number of rotatable bonds is 4. The van der Waals surface area contributed by atoms with Crippen molar-refractivity contribution in [2.24, 2.45) is 5.92 Å². The third-order valence-electron chi connectivity index (χ3n) is 7.18. The Morgan fingerprint density at radius 2 is 2.03 bits per heavy atom. The number of nitrogens with zero attached hydrogens (tertiary/aromatic N) is 3. The summed E-state index contributed by atoms with van der Waals surface area (Å²) in [5.74, 6) is 0.357. The molecule has 3 aliphatic rings. The maximum absolute atomic E-state index is 13.6. The number of piperidine rings is 2. The van der Waals surface area contributed by atoms with Crippen molar-refractivity contribution in [1.29, 1.82) is 0 Å². The highest BCUT2D eigenvalue weighted by molar-refractivity contribution is 7.10. The standard InChI is InChI=1S/C26H30N4O3S/c1-18-6-7-19(16-23(18)30-14-11-27-26(30)33)25(32)29-12-2-4-20-17-28(13-10-22(20)29)24(31)9-8-21-5-3-15-34-21/h3,5-9,15-16,20,22H,2,4,10-14,17H2,1H3,(H,27,33)/b9-8+/t20-,22-/m1/s1. The van der Waals surface area contributed by atoms with Crippen molar-refractivity contribution in [3.05, 3.63) is 57.8 Å². The lowest BCUT2D eigenvalue weighted by molar-refractivity contribution is -0.129. The van der Waals surface area contributed by atoms with Gasteiger partial charge in [-0.1, -0.05) is 12.1 Å². The van der Waals surface area contributed by atoms with Gasteiger partial charge in [-0.15, -0.1) is 11.3 Å². The van der Waals surface area contributed by atoms with E-state index in [2.05, 4.69) is 5.32 Å². The summed E-state index contributed by atoms with van der Waals surface area (Å²) in [4.78, 5) is 45.2. The fraction of sp³-hybridized carbons (Fsp3) is 0.423. The first-order valence-corrected chi connectivity index (χ1v) is 12.9. The molecule has 0 spiro atoms. The van der Waals surface area contributed by atoms with Crippen molar-refractivity contribution in [3.8, 4) is 0 Å². The first kappa shape index (κ1) is 22.7. The maximum atomic E-state index is 13.6. The van der Waals surface area contributed by atoms with Gasteiger partial charge in [0, 0.05) is 61.0 Å². The van der Waals surface area contributed by atoms with Crippen LogP contribution in [-0.2, 0) is 4.79 Å². The van der Waals surface area contributed by atoms with Crippen LogP contribution in [0.3, 0.4) is 0 Å². The zero-order chi connectivity index (χ0) is 23.7. The van der Waals surface area contributed by atoms with E-state index in [9.17, 15) is 14.4 Å². The molecule has 1 aromatic carbocycles. The molecule has 4 amide bonds. The number of hydrogen-bond acceptors (Lipinski definition) is 4. The van der Waals surface area contributed by atoms with Crippen molar-refractivity contribution in [1.82, 2.24) is 15.1 Å². The summed E-state index contributed by atoms with van der Waals surface area (Å²) >= 11 is 1.61.